The average Bonchev–Trinajstić information content (AvgIpc) is 1.88. The lowest BCUT2D eigenvalue weighted by Gasteiger charge is -2.12. The Morgan fingerprint density at radius 3 is 1.82 bits per heavy atom. The van der Waals surface area contributed by atoms with E-state index in [1.165, 1.54) is 0 Å². The molecular weight excluding hydrogens is 150 g/mol. The molecule has 0 radical (unpaired) electrons. The molecule has 0 aliphatic carbocycles. The molecule has 2 heteroatoms. The Kier molecular flexibility index (Phi) is 4.28. The minimum absolute atomic E-state index is 1.04. The summed E-state index contributed by atoms with van der Waals surface area (Å²) in [5.74, 6) is 0. The fourth-order valence-corrected chi connectivity index (χ4v) is 1.12. The fraction of sp³-hybridized carbons (Fsp3) is 0.778. The second-order valence-electron chi connectivity index (χ2n) is 3.66. The van der Waals surface area contributed by atoms with Crippen LogP contribution < -0.4 is 0 Å². The molecule has 0 aromatic rings. The second kappa shape index (κ2) is 4.45. The second-order valence-corrected chi connectivity index (χ2v) is 8.41. The Balaban J connectivity index is 4.04. The molecule has 0 atom stereocenters. The van der Waals surface area contributed by atoms with Crippen molar-refractivity contribution in [2.45, 2.75) is 33.5 Å². The highest BCUT2D eigenvalue weighted by molar-refractivity contribution is 6.83. The Hall–Kier alpha value is -0.423. The van der Waals surface area contributed by atoms with E-state index in [-0.39, 0.29) is 0 Å². The van der Waals surface area contributed by atoms with Gasteiger partial charge in [0, 0.05) is 13.1 Å². The van der Waals surface area contributed by atoms with Gasteiger partial charge in [0.25, 0.3) is 0 Å². The molecule has 0 amide bonds. The van der Waals surface area contributed by atoms with Gasteiger partial charge in [0.15, 0.2) is 0 Å². The van der Waals surface area contributed by atoms with Crippen LogP contribution in [-0.2, 0) is 0 Å². The van der Waals surface area contributed by atoms with Gasteiger partial charge in [0.05, 0.1) is 0 Å². The van der Waals surface area contributed by atoms with Crippen molar-refractivity contribution >= 4 is 8.07 Å². The van der Waals surface area contributed by atoms with Crippen LogP contribution in [0, 0.1) is 11.6 Å². The molecule has 11 heavy (non-hydrogen) atoms. The molecule has 0 N–H and O–H groups in total. The average molecular weight is 169 g/mol. The molecule has 0 spiro atoms. The summed E-state index contributed by atoms with van der Waals surface area (Å²) < 4.78 is 0. The van der Waals surface area contributed by atoms with Crippen LogP contribution in [0.25, 0.3) is 0 Å². The van der Waals surface area contributed by atoms with E-state index < -0.39 is 8.07 Å². The zero-order valence-electron chi connectivity index (χ0n) is 8.36. The van der Waals surface area contributed by atoms with E-state index in [0.717, 1.165) is 13.1 Å². The molecule has 0 aliphatic heterocycles. The molecule has 64 valence electrons. The Morgan fingerprint density at radius 2 is 1.55 bits per heavy atom. The van der Waals surface area contributed by atoms with Gasteiger partial charge in [0.1, 0.15) is 8.07 Å². The van der Waals surface area contributed by atoms with E-state index in [1.54, 1.807) is 0 Å². The molecule has 0 fully saturated rings. The van der Waals surface area contributed by atoms with Gasteiger partial charge in [-0.15, -0.1) is 5.54 Å². The van der Waals surface area contributed by atoms with Crippen molar-refractivity contribution in [2.24, 2.45) is 0 Å². The highest BCUT2D eigenvalue weighted by Gasteiger charge is 2.07. The van der Waals surface area contributed by atoms with E-state index >= 15 is 0 Å². The normalized spacial score (nSPS) is 10.3. The Labute approximate surface area is 71.8 Å². The van der Waals surface area contributed by atoms with Gasteiger partial charge in [-0.3, -0.25) is 0 Å². The van der Waals surface area contributed by atoms with Gasteiger partial charge in [-0.25, -0.2) is 0 Å². The maximum absolute atomic E-state index is 3.34. The van der Waals surface area contributed by atoms with Crippen molar-refractivity contribution < 1.29 is 0 Å². The highest BCUT2D eigenvalue weighted by Crippen LogP contribution is 1.96. The predicted molar refractivity (Wildman–Crippen MR) is 54.0 cm³/mol. The molecule has 0 unspecified atom stereocenters. The summed E-state index contributed by atoms with van der Waals surface area (Å²) in [6.07, 6.45) is 0. The largest absolute Gasteiger partial charge is 0.334 e. The Bertz CT molecular complexity index is 155. The summed E-state index contributed by atoms with van der Waals surface area (Å²) in [6.45, 7) is 13.2. The SMILES string of the molecule is CCN(C#C[Si](C)(C)C)CC. The van der Waals surface area contributed by atoms with Crippen LogP contribution in [0.1, 0.15) is 13.8 Å². The lowest BCUT2D eigenvalue weighted by Crippen LogP contribution is -2.21. The van der Waals surface area contributed by atoms with Crippen LogP contribution >= 0.6 is 0 Å². The van der Waals surface area contributed by atoms with Crippen molar-refractivity contribution in [1.29, 1.82) is 0 Å². The number of hydrogen-bond acceptors (Lipinski definition) is 1. The minimum atomic E-state index is -1.16. The summed E-state index contributed by atoms with van der Waals surface area (Å²) in [4.78, 5) is 2.15. The summed E-state index contributed by atoms with van der Waals surface area (Å²) in [6, 6.07) is 3.20. The zero-order valence-corrected chi connectivity index (χ0v) is 9.36. The molecule has 0 heterocycles. The third-order valence-electron chi connectivity index (χ3n) is 1.35. The van der Waals surface area contributed by atoms with Crippen LogP contribution in [-0.4, -0.2) is 26.1 Å². The number of hydrogen-bond donors (Lipinski definition) is 0. The lowest BCUT2D eigenvalue weighted by molar-refractivity contribution is 0.444. The van der Waals surface area contributed by atoms with Crippen molar-refractivity contribution in [3.8, 4) is 11.6 Å². The monoisotopic (exact) mass is 169 g/mol. The van der Waals surface area contributed by atoms with Crippen molar-refractivity contribution in [3.05, 3.63) is 0 Å². The number of nitrogens with zero attached hydrogens (tertiary/aromatic N) is 1. The molecule has 0 rings (SSSR count). The first-order valence-electron chi connectivity index (χ1n) is 4.27. The van der Waals surface area contributed by atoms with E-state index in [9.17, 15) is 0 Å². The third kappa shape index (κ3) is 5.99. The van der Waals surface area contributed by atoms with E-state index in [1.807, 2.05) is 0 Å². The van der Waals surface area contributed by atoms with Crippen LogP contribution in [0.5, 0.6) is 0 Å². The van der Waals surface area contributed by atoms with Crippen molar-refractivity contribution in [2.75, 3.05) is 13.1 Å². The molecule has 1 nitrogen and oxygen atoms in total. The topological polar surface area (TPSA) is 3.24 Å². The summed E-state index contributed by atoms with van der Waals surface area (Å²) in [5.41, 5.74) is 3.34. The van der Waals surface area contributed by atoms with Crippen molar-refractivity contribution in [3.63, 3.8) is 0 Å². The maximum Gasteiger partial charge on any atom is 0.131 e. The molecule has 0 bridgehead atoms. The molecular formula is C9H19NSi. The van der Waals surface area contributed by atoms with E-state index in [2.05, 4.69) is 50.0 Å². The van der Waals surface area contributed by atoms with E-state index in [4.69, 9.17) is 0 Å². The summed E-state index contributed by atoms with van der Waals surface area (Å²) in [5, 5.41) is 0. The molecule has 0 aliphatic rings. The first kappa shape index (κ1) is 10.6. The van der Waals surface area contributed by atoms with Crippen molar-refractivity contribution in [1.82, 2.24) is 4.90 Å². The maximum atomic E-state index is 3.34. The van der Waals surface area contributed by atoms with Crippen LogP contribution in [0.15, 0.2) is 0 Å². The molecule has 0 aromatic heterocycles. The first-order chi connectivity index (χ1) is 4.99. The summed E-state index contributed by atoms with van der Waals surface area (Å²) >= 11 is 0. The quantitative estimate of drug-likeness (QED) is 0.348. The summed E-state index contributed by atoms with van der Waals surface area (Å²) in [7, 11) is -1.16. The van der Waals surface area contributed by atoms with Gasteiger partial charge < -0.3 is 4.90 Å². The van der Waals surface area contributed by atoms with Crippen LogP contribution in [0.4, 0.5) is 0 Å². The third-order valence-corrected chi connectivity index (χ3v) is 2.21. The zero-order chi connectivity index (χ0) is 8.91. The predicted octanol–water partition coefficient (Wildman–Crippen LogP) is 2.17. The van der Waals surface area contributed by atoms with E-state index in [0.29, 0.717) is 0 Å². The smallest absolute Gasteiger partial charge is 0.131 e. The number of rotatable bonds is 2. The molecule has 0 aromatic carbocycles. The standard InChI is InChI=1S/C9H19NSi/c1-6-10(7-2)8-9-11(3,4)5/h6-7H2,1-5H3. The van der Waals surface area contributed by atoms with Gasteiger partial charge >= 0.3 is 0 Å². The lowest BCUT2D eigenvalue weighted by atomic mass is 10.6. The van der Waals surface area contributed by atoms with Crippen LogP contribution in [0.3, 0.4) is 0 Å². The van der Waals surface area contributed by atoms with Gasteiger partial charge in [0.2, 0.25) is 0 Å². The Morgan fingerprint density at radius 1 is 1.09 bits per heavy atom. The first-order valence-corrected chi connectivity index (χ1v) is 7.77. The minimum Gasteiger partial charge on any atom is -0.334 e. The fourth-order valence-electron chi connectivity index (χ4n) is 0.628. The van der Waals surface area contributed by atoms with Gasteiger partial charge in [-0.1, -0.05) is 19.6 Å². The van der Waals surface area contributed by atoms with Gasteiger partial charge in [-0.05, 0) is 19.9 Å². The molecule has 0 saturated heterocycles. The molecule has 0 saturated carbocycles. The van der Waals surface area contributed by atoms with Crippen LogP contribution in [0.2, 0.25) is 19.6 Å². The highest BCUT2D eigenvalue weighted by atomic mass is 28.3. The van der Waals surface area contributed by atoms with Gasteiger partial charge in [-0.2, -0.15) is 0 Å².